The summed E-state index contributed by atoms with van der Waals surface area (Å²) in [6.45, 7) is 6.83. The van der Waals surface area contributed by atoms with E-state index in [0.29, 0.717) is 59.8 Å². The minimum Gasteiger partial charge on any atom is -0.490 e. The fourth-order valence-electron chi connectivity index (χ4n) is 2.88. The molecule has 2 N–H and O–H groups in total. The maximum atomic E-state index is 12.8. The number of hydrogen-bond donors (Lipinski definition) is 2. The van der Waals surface area contributed by atoms with Gasteiger partial charge in [0.15, 0.2) is 18.1 Å². The zero-order valence-corrected chi connectivity index (χ0v) is 16.7. The first kappa shape index (κ1) is 20.3. The Labute approximate surface area is 169 Å². The largest absolute Gasteiger partial charge is 0.490 e. The number of amides is 2. The first-order valence-corrected chi connectivity index (χ1v) is 9.50. The summed E-state index contributed by atoms with van der Waals surface area (Å²) in [5.74, 6) is 1.32. The van der Waals surface area contributed by atoms with Crippen LogP contribution in [0, 0.1) is 0 Å². The van der Waals surface area contributed by atoms with E-state index in [4.69, 9.17) is 18.9 Å². The first-order chi connectivity index (χ1) is 14.0. The van der Waals surface area contributed by atoms with E-state index in [9.17, 15) is 9.59 Å². The Kier molecular flexibility index (Phi) is 6.43. The molecule has 8 heteroatoms. The van der Waals surface area contributed by atoms with Crippen LogP contribution in [0.4, 0.5) is 11.4 Å². The SMILES string of the molecule is CCOc1cc(C(=O)Nc2ccc3c(c2)NC(=O)CO3)cc(OCC)c1OCC. The predicted octanol–water partition coefficient (Wildman–Crippen LogP) is 3.47. The smallest absolute Gasteiger partial charge is 0.262 e. The maximum Gasteiger partial charge on any atom is 0.262 e. The molecule has 0 aromatic heterocycles. The van der Waals surface area contributed by atoms with Gasteiger partial charge in [-0.05, 0) is 51.1 Å². The molecular weight excluding hydrogens is 376 g/mol. The normalized spacial score (nSPS) is 12.3. The van der Waals surface area contributed by atoms with Gasteiger partial charge in [0, 0.05) is 11.3 Å². The number of nitrogens with one attached hydrogen (secondary N) is 2. The molecule has 3 rings (SSSR count). The summed E-state index contributed by atoms with van der Waals surface area (Å²) in [6.07, 6.45) is 0. The molecule has 0 saturated carbocycles. The van der Waals surface area contributed by atoms with Crippen LogP contribution in [0.25, 0.3) is 0 Å². The fourth-order valence-corrected chi connectivity index (χ4v) is 2.88. The molecule has 0 bridgehead atoms. The van der Waals surface area contributed by atoms with Crippen molar-refractivity contribution in [2.45, 2.75) is 20.8 Å². The van der Waals surface area contributed by atoms with E-state index < -0.39 is 0 Å². The van der Waals surface area contributed by atoms with Gasteiger partial charge in [-0.15, -0.1) is 0 Å². The summed E-state index contributed by atoms with van der Waals surface area (Å²) in [5, 5.41) is 5.53. The maximum absolute atomic E-state index is 12.8. The predicted molar refractivity (Wildman–Crippen MR) is 108 cm³/mol. The minimum atomic E-state index is -0.349. The van der Waals surface area contributed by atoms with Gasteiger partial charge in [-0.1, -0.05) is 0 Å². The molecule has 1 heterocycles. The second kappa shape index (κ2) is 9.18. The third kappa shape index (κ3) is 4.71. The third-order valence-corrected chi connectivity index (χ3v) is 4.04. The van der Waals surface area contributed by atoms with Gasteiger partial charge in [0.05, 0.1) is 25.5 Å². The molecule has 2 amide bonds. The topological polar surface area (TPSA) is 95.1 Å². The lowest BCUT2D eigenvalue weighted by atomic mass is 10.1. The van der Waals surface area contributed by atoms with Gasteiger partial charge >= 0.3 is 0 Å². The van der Waals surface area contributed by atoms with E-state index in [-0.39, 0.29) is 18.4 Å². The van der Waals surface area contributed by atoms with Gasteiger partial charge in [0.1, 0.15) is 5.75 Å². The molecular formula is C21H24N2O6. The summed E-state index contributed by atoms with van der Waals surface area (Å²) in [5.41, 5.74) is 1.39. The molecule has 1 aliphatic rings. The van der Waals surface area contributed by atoms with Crippen LogP contribution in [0.1, 0.15) is 31.1 Å². The molecule has 0 fully saturated rings. The summed E-state index contributed by atoms with van der Waals surface area (Å²) in [4.78, 5) is 24.3. The Hall–Kier alpha value is -3.42. The summed E-state index contributed by atoms with van der Waals surface area (Å²) in [7, 11) is 0. The lowest BCUT2D eigenvalue weighted by Crippen LogP contribution is -2.25. The monoisotopic (exact) mass is 400 g/mol. The van der Waals surface area contributed by atoms with Crippen molar-refractivity contribution in [3.63, 3.8) is 0 Å². The number of rotatable bonds is 8. The number of anilines is 2. The van der Waals surface area contributed by atoms with Crippen molar-refractivity contribution in [1.82, 2.24) is 0 Å². The van der Waals surface area contributed by atoms with Crippen molar-refractivity contribution in [2.24, 2.45) is 0 Å². The highest BCUT2D eigenvalue weighted by atomic mass is 16.5. The summed E-state index contributed by atoms with van der Waals surface area (Å²) in [6, 6.07) is 8.28. The number of fused-ring (bicyclic) bond motifs is 1. The number of carbonyl (C=O) groups excluding carboxylic acids is 2. The molecule has 0 spiro atoms. The molecule has 0 aliphatic carbocycles. The quantitative estimate of drug-likeness (QED) is 0.705. The highest BCUT2D eigenvalue weighted by molar-refractivity contribution is 6.06. The van der Waals surface area contributed by atoms with Crippen molar-refractivity contribution in [3.8, 4) is 23.0 Å². The molecule has 0 radical (unpaired) electrons. The second-order valence-corrected chi connectivity index (χ2v) is 6.10. The van der Waals surface area contributed by atoms with Gasteiger partial charge in [0.2, 0.25) is 5.75 Å². The number of hydrogen-bond acceptors (Lipinski definition) is 6. The first-order valence-electron chi connectivity index (χ1n) is 9.50. The van der Waals surface area contributed by atoms with Crippen molar-refractivity contribution in [2.75, 3.05) is 37.1 Å². The molecule has 0 unspecified atom stereocenters. The van der Waals surface area contributed by atoms with Gasteiger partial charge in [-0.25, -0.2) is 0 Å². The fraction of sp³-hybridized carbons (Fsp3) is 0.333. The van der Waals surface area contributed by atoms with Crippen molar-refractivity contribution in [3.05, 3.63) is 35.9 Å². The molecule has 154 valence electrons. The van der Waals surface area contributed by atoms with Gasteiger partial charge in [-0.2, -0.15) is 0 Å². The standard InChI is InChI=1S/C21H24N2O6/c1-4-26-17-9-13(10-18(27-5-2)20(17)28-6-3)21(25)22-14-7-8-16-15(11-14)23-19(24)12-29-16/h7-11H,4-6,12H2,1-3H3,(H,22,25)(H,23,24). The average molecular weight is 400 g/mol. The Balaban J connectivity index is 1.88. The Morgan fingerprint density at radius 2 is 1.69 bits per heavy atom. The van der Waals surface area contributed by atoms with E-state index >= 15 is 0 Å². The van der Waals surface area contributed by atoms with E-state index in [1.165, 1.54) is 0 Å². The van der Waals surface area contributed by atoms with Crippen LogP contribution in [0.2, 0.25) is 0 Å². The number of carbonyl (C=O) groups is 2. The third-order valence-electron chi connectivity index (χ3n) is 4.04. The van der Waals surface area contributed by atoms with E-state index in [2.05, 4.69) is 10.6 Å². The van der Waals surface area contributed by atoms with E-state index in [1.54, 1.807) is 30.3 Å². The highest BCUT2D eigenvalue weighted by Gasteiger charge is 2.20. The van der Waals surface area contributed by atoms with Gasteiger partial charge in [0.25, 0.3) is 11.8 Å². The molecule has 0 atom stereocenters. The van der Waals surface area contributed by atoms with E-state index in [1.807, 2.05) is 20.8 Å². The Bertz CT molecular complexity index is 885. The van der Waals surface area contributed by atoms with Gasteiger partial charge < -0.3 is 29.6 Å². The number of ether oxygens (including phenoxy) is 4. The highest BCUT2D eigenvalue weighted by Crippen LogP contribution is 2.39. The van der Waals surface area contributed by atoms with Crippen LogP contribution < -0.4 is 29.6 Å². The van der Waals surface area contributed by atoms with Crippen LogP contribution in [-0.2, 0) is 4.79 Å². The molecule has 8 nitrogen and oxygen atoms in total. The van der Waals surface area contributed by atoms with Crippen LogP contribution in [0.3, 0.4) is 0 Å². The zero-order valence-electron chi connectivity index (χ0n) is 16.7. The van der Waals surface area contributed by atoms with Crippen LogP contribution in [-0.4, -0.2) is 38.2 Å². The minimum absolute atomic E-state index is 0.0225. The lowest BCUT2D eigenvalue weighted by Gasteiger charge is -2.19. The molecule has 0 saturated heterocycles. The van der Waals surface area contributed by atoms with Crippen LogP contribution in [0.5, 0.6) is 23.0 Å². The van der Waals surface area contributed by atoms with Crippen molar-refractivity contribution >= 4 is 23.2 Å². The lowest BCUT2D eigenvalue weighted by molar-refractivity contribution is -0.118. The van der Waals surface area contributed by atoms with Gasteiger partial charge in [-0.3, -0.25) is 9.59 Å². The average Bonchev–Trinajstić information content (AvgIpc) is 2.70. The molecule has 2 aromatic carbocycles. The Morgan fingerprint density at radius 1 is 1.03 bits per heavy atom. The molecule has 29 heavy (non-hydrogen) atoms. The number of benzene rings is 2. The summed E-state index contributed by atoms with van der Waals surface area (Å²) >= 11 is 0. The summed E-state index contributed by atoms with van der Waals surface area (Å²) < 4.78 is 22.3. The Morgan fingerprint density at radius 3 is 2.31 bits per heavy atom. The van der Waals surface area contributed by atoms with Crippen LogP contribution >= 0.6 is 0 Å². The van der Waals surface area contributed by atoms with Crippen LogP contribution in [0.15, 0.2) is 30.3 Å². The zero-order chi connectivity index (χ0) is 20.8. The van der Waals surface area contributed by atoms with Crippen molar-refractivity contribution < 1.29 is 28.5 Å². The van der Waals surface area contributed by atoms with Crippen molar-refractivity contribution in [1.29, 1.82) is 0 Å². The second-order valence-electron chi connectivity index (χ2n) is 6.10. The van der Waals surface area contributed by atoms with E-state index in [0.717, 1.165) is 0 Å². The molecule has 2 aromatic rings. The molecule has 1 aliphatic heterocycles.